The number of hydrogen-bond donors (Lipinski definition) is 2. The molecule has 1 saturated carbocycles. The molecule has 0 spiro atoms. The molecule has 4 nitrogen and oxygen atoms in total. The van der Waals surface area contributed by atoms with Gasteiger partial charge in [-0.25, -0.2) is 9.18 Å². The zero-order chi connectivity index (χ0) is 16.7. The van der Waals surface area contributed by atoms with Crippen LogP contribution in [0.1, 0.15) is 51.0 Å². The van der Waals surface area contributed by atoms with Crippen molar-refractivity contribution in [2.24, 2.45) is 0 Å². The largest absolute Gasteiger partial charge is 0.393 e. The second-order valence-electron chi connectivity index (χ2n) is 6.32. The lowest BCUT2D eigenvalue weighted by molar-refractivity contribution is 0.115. The SMILES string of the molecule is CCCCN(Cc1ccccc1F)C(=O)NC1CCC(O)CC1. The Kier molecular flexibility index (Phi) is 6.84. The molecule has 1 aliphatic rings. The van der Waals surface area contributed by atoms with Crippen molar-refractivity contribution in [3.05, 3.63) is 35.6 Å². The third kappa shape index (κ3) is 5.50. The molecule has 0 unspecified atom stereocenters. The smallest absolute Gasteiger partial charge is 0.317 e. The molecule has 1 aromatic carbocycles. The molecule has 2 N–H and O–H groups in total. The second-order valence-corrected chi connectivity index (χ2v) is 6.32. The molecule has 0 atom stereocenters. The molecular weight excluding hydrogens is 295 g/mol. The monoisotopic (exact) mass is 322 g/mol. The van der Waals surface area contributed by atoms with E-state index in [0.29, 0.717) is 12.1 Å². The zero-order valence-electron chi connectivity index (χ0n) is 13.8. The molecule has 2 rings (SSSR count). The summed E-state index contributed by atoms with van der Waals surface area (Å²) < 4.78 is 13.9. The van der Waals surface area contributed by atoms with Crippen molar-refractivity contribution in [3.8, 4) is 0 Å². The lowest BCUT2D eigenvalue weighted by Gasteiger charge is -2.30. The summed E-state index contributed by atoms with van der Waals surface area (Å²) >= 11 is 0. The van der Waals surface area contributed by atoms with Gasteiger partial charge in [-0.2, -0.15) is 0 Å². The van der Waals surface area contributed by atoms with Crippen LogP contribution >= 0.6 is 0 Å². The lowest BCUT2D eigenvalue weighted by Crippen LogP contribution is -2.46. The van der Waals surface area contributed by atoms with Crippen molar-refractivity contribution in [2.75, 3.05) is 6.54 Å². The number of nitrogens with zero attached hydrogens (tertiary/aromatic N) is 1. The highest BCUT2D eigenvalue weighted by Crippen LogP contribution is 2.19. The van der Waals surface area contributed by atoms with Crippen molar-refractivity contribution in [2.45, 2.75) is 64.1 Å². The average Bonchev–Trinajstić information content (AvgIpc) is 2.55. The van der Waals surface area contributed by atoms with E-state index in [0.717, 1.165) is 38.5 Å². The molecule has 128 valence electrons. The number of halogens is 1. The number of amides is 2. The molecule has 2 amide bonds. The van der Waals surface area contributed by atoms with Crippen LogP contribution in [0.5, 0.6) is 0 Å². The lowest BCUT2D eigenvalue weighted by atomic mass is 9.93. The van der Waals surface area contributed by atoms with Crippen LogP contribution in [0, 0.1) is 5.82 Å². The highest BCUT2D eigenvalue weighted by atomic mass is 19.1. The van der Waals surface area contributed by atoms with Crippen molar-refractivity contribution >= 4 is 6.03 Å². The summed E-state index contributed by atoms with van der Waals surface area (Å²) in [5, 5.41) is 12.6. The summed E-state index contributed by atoms with van der Waals surface area (Å²) in [4.78, 5) is 14.2. The van der Waals surface area contributed by atoms with E-state index in [9.17, 15) is 14.3 Å². The van der Waals surface area contributed by atoms with Gasteiger partial charge < -0.3 is 15.3 Å². The molecule has 1 fully saturated rings. The van der Waals surface area contributed by atoms with Gasteiger partial charge in [-0.1, -0.05) is 31.5 Å². The van der Waals surface area contributed by atoms with E-state index in [2.05, 4.69) is 12.2 Å². The molecule has 0 heterocycles. The number of aliphatic hydroxyl groups excluding tert-OH is 1. The molecule has 0 radical (unpaired) electrons. The van der Waals surface area contributed by atoms with E-state index >= 15 is 0 Å². The van der Waals surface area contributed by atoms with Crippen LogP contribution < -0.4 is 5.32 Å². The fourth-order valence-corrected chi connectivity index (χ4v) is 2.92. The Hall–Kier alpha value is -1.62. The van der Waals surface area contributed by atoms with Crippen molar-refractivity contribution in [1.29, 1.82) is 0 Å². The maximum Gasteiger partial charge on any atom is 0.317 e. The fourth-order valence-electron chi connectivity index (χ4n) is 2.92. The minimum absolute atomic E-state index is 0.107. The third-order valence-electron chi connectivity index (χ3n) is 4.41. The summed E-state index contributed by atoms with van der Waals surface area (Å²) in [6, 6.07) is 6.56. The summed E-state index contributed by atoms with van der Waals surface area (Å²) in [5.41, 5.74) is 0.540. The normalized spacial score (nSPS) is 21.0. The third-order valence-corrected chi connectivity index (χ3v) is 4.41. The Morgan fingerprint density at radius 1 is 1.30 bits per heavy atom. The number of carbonyl (C=O) groups excluding carboxylic acids is 1. The first-order valence-electron chi connectivity index (χ1n) is 8.57. The summed E-state index contributed by atoms with van der Waals surface area (Å²) in [7, 11) is 0. The number of aliphatic hydroxyl groups is 1. The number of nitrogens with one attached hydrogen (secondary N) is 1. The first kappa shape index (κ1) is 17.7. The quantitative estimate of drug-likeness (QED) is 0.843. The number of carbonyl (C=O) groups is 1. The van der Waals surface area contributed by atoms with E-state index in [1.807, 2.05) is 0 Å². The molecule has 23 heavy (non-hydrogen) atoms. The first-order chi connectivity index (χ1) is 11.1. The number of unbranched alkanes of at least 4 members (excludes halogenated alkanes) is 1. The summed E-state index contributed by atoms with van der Waals surface area (Å²) in [6.07, 6.45) is 4.70. The van der Waals surface area contributed by atoms with Gasteiger partial charge >= 0.3 is 6.03 Å². The van der Waals surface area contributed by atoms with Crippen molar-refractivity contribution < 1.29 is 14.3 Å². The Labute approximate surface area is 137 Å². The number of benzene rings is 1. The van der Waals surface area contributed by atoms with Crippen LogP contribution in [0.2, 0.25) is 0 Å². The topological polar surface area (TPSA) is 52.6 Å². The molecular formula is C18H27FN2O2. The summed E-state index contributed by atoms with van der Waals surface area (Å²) in [6.45, 7) is 2.97. The summed E-state index contributed by atoms with van der Waals surface area (Å²) in [5.74, 6) is -0.275. The standard InChI is InChI=1S/C18H27FN2O2/c1-2-3-12-21(13-14-6-4-5-7-17(14)19)18(23)20-15-8-10-16(22)11-9-15/h4-7,15-16,22H,2-3,8-13H2,1H3,(H,20,23). The fraction of sp³-hybridized carbons (Fsp3) is 0.611. The second kappa shape index (κ2) is 8.87. The molecule has 0 aliphatic heterocycles. The van der Waals surface area contributed by atoms with Gasteiger partial charge in [0, 0.05) is 18.2 Å². The van der Waals surface area contributed by atoms with Crippen LogP contribution in [-0.4, -0.2) is 34.7 Å². The van der Waals surface area contributed by atoms with Gasteiger partial charge in [-0.15, -0.1) is 0 Å². The van der Waals surface area contributed by atoms with Crippen LogP contribution in [0.25, 0.3) is 0 Å². The molecule has 0 aromatic heterocycles. The maximum absolute atomic E-state index is 13.9. The van der Waals surface area contributed by atoms with E-state index in [1.165, 1.54) is 6.07 Å². The highest BCUT2D eigenvalue weighted by Gasteiger charge is 2.23. The molecule has 5 heteroatoms. The maximum atomic E-state index is 13.9. The predicted molar refractivity (Wildman–Crippen MR) is 88.5 cm³/mol. The van der Waals surface area contributed by atoms with Gasteiger partial charge in [-0.05, 0) is 38.2 Å². The van der Waals surface area contributed by atoms with Crippen LogP contribution in [0.3, 0.4) is 0 Å². The van der Waals surface area contributed by atoms with Crippen LogP contribution in [0.4, 0.5) is 9.18 Å². The highest BCUT2D eigenvalue weighted by molar-refractivity contribution is 5.74. The van der Waals surface area contributed by atoms with Gasteiger partial charge in [0.2, 0.25) is 0 Å². The first-order valence-corrected chi connectivity index (χ1v) is 8.57. The van der Waals surface area contributed by atoms with E-state index < -0.39 is 0 Å². The Morgan fingerprint density at radius 2 is 2.00 bits per heavy atom. The predicted octanol–water partition coefficient (Wildman–Crippen LogP) is 3.44. The van der Waals surface area contributed by atoms with E-state index in [-0.39, 0.29) is 30.5 Å². The Morgan fingerprint density at radius 3 is 2.65 bits per heavy atom. The zero-order valence-corrected chi connectivity index (χ0v) is 13.8. The average molecular weight is 322 g/mol. The van der Waals surface area contributed by atoms with Gasteiger partial charge in [-0.3, -0.25) is 0 Å². The van der Waals surface area contributed by atoms with Crippen molar-refractivity contribution in [3.63, 3.8) is 0 Å². The minimum atomic E-state index is -0.275. The van der Waals surface area contributed by atoms with Gasteiger partial charge in [0.25, 0.3) is 0 Å². The Bertz CT molecular complexity index is 502. The van der Waals surface area contributed by atoms with E-state index in [1.54, 1.807) is 23.1 Å². The van der Waals surface area contributed by atoms with Crippen molar-refractivity contribution in [1.82, 2.24) is 10.2 Å². The molecule has 1 aromatic rings. The molecule has 0 saturated heterocycles. The number of hydrogen-bond acceptors (Lipinski definition) is 2. The van der Waals surface area contributed by atoms with Gasteiger partial charge in [0.1, 0.15) is 5.82 Å². The van der Waals surface area contributed by atoms with E-state index in [4.69, 9.17) is 0 Å². The Balaban J connectivity index is 1.96. The van der Waals surface area contributed by atoms with Gasteiger partial charge in [0.05, 0.1) is 12.6 Å². The van der Waals surface area contributed by atoms with Crippen LogP contribution in [0.15, 0.2) is 24.3 Å². The minimum Gasteiger partial charge on any atom is -0.393 e. The van der Waals surface area contributed by atoms with Gasteiger partial charge in [0.15, 0.2) is 0 Å². The molecule has 0 bridgehead atoms. The number of urea groups is 1. The number of rotatable bonds is 6. The van der Waals surface area contributed by atoms with Crippen LogP contribution in [-0.2, 0) is 6.54 Å². The molecule has 1 aliphatic carbocycles.